The first kappa shape index (κ1) is 14.4. The molecule has 1 fully saturated rings. The monoisotopic (exact) mass is 299 g/mol. The van der Waals surface area contributed by atoms with Gasteiger partial charge >= 0.3 is 5.97 Å². The highest BCUT2D eigenvalue weighted by Crippen LogP contribution is 2.24. The lowest BCUT2D eigenvalue weighted by Gasteiger charge is -2.23. The molecule has 6 heteroatoms. The van der Waals surface area contributed by atoms with Crippen LogP contribution in [-0.2, 0) is 0 Å². The molecule has 1 aromatic heterocycles. The summed E-state index contributed by atoms with van der Waals surface area (Å²) in [7, 11) is 0. The zero-order valence-corrected chi connectivity index (χ0v) is 12.4. The van der Waals surface area contributed by atoms with Crippen molar-refractivity contribution >= 4 is 35.0 Å². The molecule has 19 heavy (non-hydrogen) atoms. The average molecular weight is 299 g/mol. The number of carbonyl (C=O) groups excluding carboxylic acids is 1. The van der Waals surface area contributed by atoms with Crippen molar-refractivity contribution in [3.63, 3.8) is 0 Å². The van der Waals surface area contributed by atoms with Crippen molar-refractivity contribution in [1.29, 1.82) is 0 Å². The summed E-state index contributed by atoms with van der Waals surface area (Å²) in [5.74, 6) is -1.000. The lowest BCUT2D eigenvalue weighted by Crippen LogP contribution is -2.35. The van der Waals surface area contributed by atoms with Crippen molar-refractivity contribution in [1.82, 2.24) is 4.90 Å². The summed E-state index contributed by atoms with van der Waals surface area (Å²) in [5.41, 5.74) is 0. The van der Waals surface area contributed by atoms with Crippen molar-refractivity contribution in [2.45, 2.75) is 24.5 Å². The fourth-order valence-electron chi connectivity index (χ4n) is 2.20. The second-order valence-electron chi connectivity index (χ2n) is 4.57. The van der Waals surface area contributed by atoms with Gasteiger partial charge in [0.15, 0.2) is 0 Å². The van der Waals surface area contributed by atoms with Gasteiger partial charge in [-0.1, -0.05) is 6.42 Å². The normalized spacial score (nSPS) is 20.1. The third kappa shape index (κ3) is 3.51. The van der Waals surface area contributed by atoms with E-state index in [-0.39, 0.29) is 10.8 Å². The maximum atomic E-state index is 12.4. The molecule has 0 aliphatic carbocycles. The van der Waals surface area contributed by atoms with Crippen molar-refractivity contribution in [2.24, 2.45) is 0 Å². The van der Waals surface area contributed by atoms with Gasteiger partial charge in [0.2, 0.25) is 0 Å². The van der Waals surface area contributed by atoms with Crippen LogP contribution in [-0.4, -0.2) is 46.5 Å². The van der Waals surface area contributed by atoms with Gasteiger partial charge in [0.1, 0.15) is 4.88 Å². The van der Waals surface area contributed by atoms with Crippen LogP contribution in [0.25, 0.3) is 0 Å². The first-order chi connectivity index (χ1) is 9.11. The molecule has 1 aliphatic heterocycles. The van der Waals surface area contributed by atoms with E-state index in [1.54, 1.807) is 17.8 Å². The van der Waals surface area contributed by atoms with Gasteiger partial charge in [0, 0.05) is 18.3 Å². The third-order valence-corrected chi connectivity index (χ3v) is 5.39. The summed E-state index contributed by atoms with van der Waals surface area (Å²) in [6, 6.07) is 3.12. The van der Waals surface area contributed by atoms with Crippen molar-refractivity contribution in [3.8, 4) is 0 Å². The molecule has 1 saturated heterocycles. The number of likely N-dealkylation sites (tertiary alicyclic amines) is 1. The molecule has 2 heterocycles. The maximum absolute atomic E-state index is 12.4. The summed E-state index contributed by atoms with van der Waals surface area (Å²) in [4.78, 5) is 25.8. The number of carbonyl (C=O) groups is 2. The topological polar surface area (TPSA) is 57.6 Å². The van der Waals surface area contributed by atoms with Crippen molar-refractivity contribution in [2.75, 3.05) is 19.3 Å². The molecular weight excluding hydrogens is 282 g/mol. The number of hydrogen-bond acceptors (Lipinski definition) is 4. The number of carboxylic acid groups (broad SMARTS) is 1. The number of thiophene rings is 1. The van der Waals surface area contributed by atoms with E-state index in [0.717, 1.165) is 43.7 Å². The highest BCUT2D eigenvalue weighted by molar-refractivity contribution is 7.99. The number of rotatable bonds is 3. The summed E-state index contributed by atoms with van der Waals surface area (Å²) in [5, 5.41) is 9.39. The minimum Gasteiger partial charge on any atom is -0.477 e. The molecule has 0 radical (unpaired) electrons. The van der Waals surface area contributed by atoms with E-state index in [1.165, 1.54) is 6.07 Å². The Hall–Kier alpha value is -1.01. The number of thioether (sulfide) groups is 1. The number of hydrogen-bond donors (Lipinski definition) is 1. The minimum atomic E-state index is -0.970. The maximum Gasteiger partial charge on any atom is 0.345 e. The highest BCUT2D eigenvalue weighted by Gasteiger charge is 2.24. The first-order valence-electron chi connectivity index (χ1n) is 6.27. The van der Waals surface area contributed by atoms with E-state index < -0.39 is 5.97 Å². The zero-order valence-electron chi connectivity index (χ0n) is 10.8. The fourth-order valence-corrected chi connectivity index (χ4v) is 3.75. The Morgan fingerprint density at radius 2 is 2.11 bits per heavy atom. The number of nitrogens with zero attached hydrogens (tertiary/aromatic N) is 1. The first-order valence-corrected chi connectivity index (χ1v) is 8.37. The molecule has 0 bridgehead atoms. The Bertz CT molecular complexity index is 472. The largest absolute Gasteiger partial charge is 0.477 e. The van der Waals surface area contributed by atoms with Crippen LogP contribution >= 0.6 is 23.1 Å². The highest BCUT2D eigenvalue weighted by atomic mass is 32.2. The van der Waals surface area contributed by atoms with Gasteiger partial charge < -0.3 is 10.0 Å². The number of amides is 1. The average Bonchev–Trinajstić information content (AvgIpc) is 2.77. The summed E-state index contributed by atoms with van der Waals surface area (Å²) < 4.78 is 0. The molecule has 1 aromatic rings. The Morgan fingerprint density at radius 1 is 1.37 bits per heavy atom. The summed E-state index contributed by atoms with van der Waals surface area (Å²) in [6.45, 7) is 1.54. The Morgan fingerprint density at radius 3 is 2.74 bits per heavy atom. The standard InChI is InChI=1S/C13H17NO3S2/c1-18-9-4-2-3-7-14(8-9)12(15)10-5-6-11(19-10)13(16)17/h5-6,9H,2-4,7-8H2,1H3,(H,16,17). The Kier molecular flexibility index (Phi) is 4.87. The number of carboxylic acids is 1. The van der Waals surface area contributed by atoms with Gasteiger partial charge in [-0.05, 0) is 31.2 Å². The molecule has 1 amide bonds. The van der Waals surface area contributed by atoms with Gasteiger partial charge in [0.25, 0.3) is 5.91 Å². The van der Waals surface area contributed by atoms with Crippen molar-refractivity contribution in [3.05, 3.63) is 21.9 Å². The lowest BCUT2D eigenvalue weighted by molar-refractivity contribution is 0.0701. The van der Waals surface area contributed by atoms with E-state index in [1.807, 2.05) is 4.90 Å². The Balaban J connectivity index is 2.10. The van der Waals surface area contributed by atoms with Crippen LogP contribution in [0.1, 0.15) is 38.6 Å². The second kappa shape index (κ2) is 6.43. The smallest absolute Gasteiger partial charge is 0.345 e. The third-order valence-electron chi connectivity index (χ3n) is 3.28. The van der Waals surface area contributed by atoms with E-state index in [0.29, 0.717) is 10.1 Å². The second-order valence-corrected chi connectivity index (χ2v) is 6.80. The van der Waals surface area contributed by atoms with E-state index in [2.05, 4.69) is 6.26 Å². The van der Waals surface area contributed by atoms with Crippen LogP contribution in [0.2, 0.25) is 0 Å². The van der Waals surface area contributed by atoms with Crippen LogP contribution in [0.4, 0.5) is 0 Å². The minimum absolute atomic E-state index is 0.0292. The van der Waals surface area contributed by atoms with Crippen molar-refractivity contribution < 1.29 is 14.7 Å². The molecule has 0 aromatic carbocycles. The molecule has 0 saturated carbocycles. The van der Waals surface area contributed by atoms with Gasteiger partial charge in [-0.25, -0.2) is 4.79 Å². The van der Waals surface area contributed by atoms with Crippen LogP contribution in [0.15, 0.2) is 12.1 Å². The SMILES string of the molecule is CSC1CCCCN(C(=O)c2ccc(C(=O)O)s2)C1. The predicted octanol–water partition coefficient (Wildman–Crippen LogP) is 2.80. The van der Waals surface area contributed by atoms with Crippen LogP contribution in [0.5, 0.6) is 0 Å². The quantitative estimate of drug-likeness (QED) is 0.932. The number of aromatic carboxylic acids is 1. The van der Waals surface area contributed by atoms with E-state index in [9.17, 15) is 9.59 Å². The molecular formula is C13H17NO3S2. The fraction of sp³-hybridized carbons (Fsp3) is 0.538. The van der Waals surface area contributed by atoms with E-state index in [4.69, 9.17) is 5.11 Å². The Labute approximate surface area is 120 Å². The van der Waals surface area contributed by atoms with Crippen LogP contribution in [0, 0.1) is 0 Å². The molecule has 4 nitrogen and oxygen atoms in total. The molecule has 0 spiro atoms. The lowest BCUT2D eigenvalue weighted by atomic mass is 10.2. The molecule has 1 unspecified atom stereocenters. The van der Waals surface area contributed by atoms with Crippen LogP contribution in [0.3, 0.4) is 0 Å². The van der Waals surface area contributed by atoms with Gasteiger partial charge in [-0.15, -0.1) is 11.3 Å². The molecule has 1 atom stereocenters. The molecule has 2 rings (SSSR count). The summed E-state index contributed by atoms with van der Waals surface area (Å²) >= 11 is 2.86. The van der Waals surface area contributed by atoms with Crippen LogP contribution < -0.4 is 0 Å². The molecule has 1 N–H and O–H groups in total. The molecule has 104 valence electrons. The van der Waals surface area contributed by atoms with E-state index >= 15 is 0 Å². The molecule has 1 aliphatic rings. The predicted molar refractivity (Wildman–Crippen MR) is 78.3 cm³/mol. The van der Waals surface area contributed by atoms with Gasteiger partial charge in [0.05, 0.1) is 4.88 Å². The van der Waals surface area contributed by atoms with Gasteiger partial charge in [-0.2, -0.15) is 11.8 Å². The summed E-state index contributed by atoms with van der Waals surface area (Å²) in [6.07, 6.45) is 5.40. The zero-order chi connectivity index (χ0) is 13.8. The van der Waals surface area contributed by atoms with Gasteiger partial charge in [-0.3, -0.25) is 4.79 Å².